The fourth-order valence-corrected chi connectivity index (χ4v) is 9.28. The predicted octanol–water partition coefficient (Wildman–Crippen LogP) is 15.8. The molecule has 3 heteroatoms. The normalized spacial score (nSPS) is 11.7. The van der Waals surface area contributed by atoms with E-state index >= 15 is 0 Å². The third kappa shape index (κ3) is 5.36. The molecule has 0 aliphatic heterocycles. The average Bonchev–Trinajstić information content (AvgIpc) is 3.86. The molecule has 0 bridgehead atoms. The fourth-order valence-electron chi connectivity index (χ4n) is 9.28. The molecule has 3 nitrogen and oxygen atoms in total. The second kappa shape index (κ2) is 13.4. The zero-order valence-corrected chi connectivity index (χ0v) is 32.1. The Hall–Kier alpha value is -7.88. The Morgan fingerprint density at radius 1 is 0.339 bits per heavy atom. The quantitative estimate of drug-likeness (QED) is 0.169. The van der Waals surface area contributed by atoms with Gasteiger partial charge in [-0.3, -0.25) is 0 Å². The standard InChI is InChI=1S/C56H36N2O/c1-2-12-37(13-3-1)38-24-27-41(28-25-38)57(44-33-34-49-48-19-8-9-23-53(48)59-54(49)36-44)42-29-31-43(32-30-42)58-51-22-11-21-50(47-20-10-16-39-14-4-6-17-45(39)47)56(51)55-46-18-7-5-15-40(46)26-35-52(55)58/h1-36H. The lowest BCUT2D eigenvalue weighted by molar-refractivity contribution is 0.669. The number of para-hydroxylation sites is 1. The van der Waals surface area contributed by atoms with Crippen LogP contribution in [0.4, 0.5) is 17.1 Å². The largest absolute Gasteiger partial charge is 0.456 e. The summed E-state index contributed by atoms with van der Waals surface area (Å²) < 4.78 is 8.85. The van der Waals surface area contributed by atoms with Crippen molar-refractivity contribution in [1.82, 2.24) is 4.57 Å². The zero-order chi connectivity index (χ0) is 38.9. The van der Waals surface area contributed by atoms with E-state index in [2.05, 4.69) is 216 Å². The summed E-state index contributed by atoms with van der Waals surface area (Å²) in [6, 6.07) is 78.7. The Morgan fingerprint density at radius 3 is 1.73 bits per heavy atom. The van der Waals surface area contributed by atoms with Crippen LogP contribution >= 0.6 is 0 Å². The molecule has 0 saturated carbocycles. The molecule has 276 valence electrons. The van der Waals surface area contributed by atoms with E-state index in [1.165, 1.54) is 65.6 Å². The molecule has 0 spiro atoms. The first kappa shape index (κ1) is 33.3. The summed E-state index contributed by atoms with van der Waals surface area (Å²) in [5.74, 6) is 0. The highest BCUT2D eigenvalue weighted by molar-refractivity contribution is 6.26. The van der Waals surface area contributed by atoms with E-state index in [0.717, 1.165) is 44.7 Å². The number of anilines is 3. The van der Waals surface area contributed by atoms with Crippen molar-refractivity contribution in [2.24, 2.45) is 0 Å². The van der Waals surface area contributed by atoms with Gasteiger partial charge in [-0.25, -0.2) is 0 Å². The maximum absolute atomic E-state index is 6.41. The first-order valence-electron chi connectivity index (χ1n) is 20.2. The van der Waals surface area contributed by atoms with Crippen molar-refractivity contribution in [3.05, 3.63) is 218 Å². The van der Waals surface area contributed by atoms with Gasteiger partial charge in [-0.05, 0) is 111 Å². The minimum atomic E-state index is 0.866. The van der Waals surface area contributed by atoms with E-state index in [0.29, 0.717) is 0 Å². The molecule has 2 heterocycles. The van der Waals surface area contributed by atoms with Crippen LogP contribution in [0, 0.1) is 0 Å². The minimum Gasteiger partial charge on any atom is -0.456 e. The highest BCUT2D eigenvalue weighted by atomic mass is 16.3. The SMILES string of the molecule is c1ccc(-c2ccc(N(c3ccc(-n4c5cccc(-c6cccc7ccccc67)c5c5c6ccccc6ccc54)cc3)c3ccc4c(c3)oc3ccccc34)cc2)cc1. The Labute approximate surface area is 341 Å². The van der Waals surface area contributed by atoms with Crippen LogP contribution in [0.25, 0.3) is 93.2 Å². The first-order valence-corrected chi connectivity index (χ1v) is 20.2. The Morgan fingerprint density at radius 2 is 0.915 bits per heavy atom. The fraction of sp³-hybridized carbons (Fsp3) is 0. The molecule has 0 saturated heterocycles. The Balaban J connectivity index is 1.04. The summed E-state index contributed by atoms with van der Waals surface area (Å²) in [6.45, 7) is 0. The number of benzene rings is 10. The molecule has 0 atom stereocenters. The Kier molecular flexibility index (Phi) is 7.54. The smallest absolute Gasteiger partial charge is 0.137 e. The van der Waals surface area contributed by atoms with Gasteiger partial charge in [0.25, 0.3) is 0 Å². The van der Waals surface area contributed by atoms with Crippen molar-refractivity contribution in [3.63, 3.8) is 0 Å². The van der Waals surface area contributed by atoms with E-state index in [-0.39, 0.29) is 0 Å². The summed E-state index contributed by atoms with van der Waals surface area (Å²) in [5.41, 5.74) is 13.2. The molecule has 0 fully saturated rings. The van der Waals surface area contributed by atoms with E-state index in [1.807, 2.05) is 12.1 Å². The minimum absolute atomic E-state index is 0.866. The molecule has 0 unspecified atom stereocenters. The van der Waals surface area contributed by atoms with E-state index < -0.39 is 0 Å². The van der Waals surface area contributed by atoms with Crippen LogP contribution in [-0.4, -0.2) is 4.57 Å². The van der Waals surface area contributed by atoms with Gasteiger partial charge in [-0.1, -0.05) is 146 Å². The lowest BCUT2D eigenvalue weighted by atomic mass is 9.93. The van der Waals surface area contributed by atoms with E-state index in [1.54, 1.807) is 0 Å². The summed E-state index contributed by atoms with van der Waals surface area (Å²) in [5, 5.41) is 9.75. The number of aromatic nitrogens is 1. The van der Waals surface area contributed by atoms with Crippen molar-refractivity contribution >= 4 is 82.4 Å². The van der Waals surface area contributed by atoms with Crippen LogP contribution in [0.15, 0.2) is 223 Å². The van der Waals surface area contributed by atoms with Crippen molar-refractivity contribution in [2.75, 3.05) is 4.90 Å². The summed E-state index contributed by atoms with van der Waals surface area (Å²) >= 11 is 0. The number of furan rings is 1. The molecule has 12 aromatic rings. The maximum Gasteiger partial charge on any atom is 0.137 e. The predicted molar refractivity (Wildman–Crippen MR) is 249 cm³/mol. The van der Waals surface area contributed by atoms with Gasteiger partial charge in [0.1, 0.15) is 11.2 Å². The zero-order valence-electron chi connectivity index (χ0n) is 32.1. The van der Waals surface area contributed by atoms with E-state index in [4.69, 9.17) is 4.42 Å². The number of rotatable bonds is 6. The van der Waals surface area contributed by atoms with Gasteiger partial charge in [0.05, 0.1) is 11.0 Å². The highest BCUT2D eigenvalue weighted by Gasteiger charge is 2.21. The van der Waals surface area contributed by atoms with Gasteiger partial charge in [0, 0.05) is 50.4 Å². The monoisotopic (exact) mass is 752 g/mol. The topological polar surface area (TPSA) is 21.3 Å². The third-order valence-corrected chi connectivity index (χ3v) is 12.0. The second-order valence-electron chi connectivity index (χ2n) is 15.3. The molecule has 12 rings (SSSR count). The number of hydrogen-bond donors (Lipinski definition) is 0. The van der Waals surface area contributed by atoms with Crippen molar-refractivity contribution in [2.45, 2.75) is 0 Å². The van der Waals surface area contributed by atoms with Gasteiger partial charge < -0.3 is 13.9 Å². The second-order valence-corrected chi connectivity index (χ2v) is 15.3. The molecule has 0 N–H and O–H groups in total. The van der Waals surface area contributed by atoms with Crippen molar-refractivity contribution in [3.8, 4) is 27.9 Å². The summed E-state index contributed by atoms with van der Waals surface area (Å²) in [4.78, 5) is 2.32. The maximum atomic E-state index is 6.41. The molecule has 0 aliphatic carbocycles. The van der Waals surface area contributed by atoms with Gasteiger partial charge in [0.15, 0.2) is 0 Å². The van der Waals surface area contributed by atoms with Crippen LogP contribution in [-0.2, 0) is 0 Å². The Bertz CT molecular complexity index is 3540. The lowest BCUT2D eigenvalue weighted by Gasteiger charge is -2.26. The molecule has 59 heavy (non-hydrogen) atoms. The molecule has 0 aliphatic rings. The first-order chi connectivity index (χ1) is 29.3. The van der Waals surface area contributed by atoms with E-state index in [9.17, 15) is 0 Å². The highest BCUT2D eigenvalue weighted by Crippen LogP contribution is 2.44. The van der Waals surface area contributed by atoms with Gasteiger partial charge >= 0.3 is 0 Å². The van der Waals surface area contributed by atoms with Crippen LogP contribution in [0.1, 0.15) is 0 Å². The average molecular weight is 753 g/mol. The summed E-state index contributed by atoms with van der Waals surface area (Å²) in [6.07, 6.45) is 0. The van der Waals surface area contributed by atoms with Crippen molar-refractivity contribution < 1.29 is 4.42 Å². The number of hydrogen-bond acceptors (Lipinski definition) is 2. The molecule has 2 aromatic heterocycles. The third-order valence-electron chi connectivity index (χ3n) is 12.0. The molecule has 0 radical (unpaired) electrons. The van der Waals surface area contributed by atoms with Crippen LogP contribution in [0.5, 0.6) is 0 Å². The lowest BCUT2D eigenvalue weighted by Crippen LogP contribution is -2.10. The van der Waals surface area contributed by atoms with Crippen LogP contribution in [0.2, 0.25) is 0 Å². The summed E-state index contributed by atoms with van der Waals surface area (Å²) in [7, 11) is 0. The van der Waals surface area contributed by atoms with Gasteiger partial charge in [0.2, 0.25) is 0 Å². The number of fused-ring (bicyclic) bond motifs is 9. The van der Waals surface area contributed by atoms with Crippen LogP contribution < -0.4 is 4.90 Å². The van der Waals surface area contributed by atoms with Gasteiger partial charge in [-0.15, -0.1) is 0 Å². The van der Waals surface area contributed by atoms with Gasteiger partial charge in [-0.2, -0.15) is 0 Å². The van der Waals surface area contributed by atoms with Crippen molar-refractivity contribution in [1.29, 1.82) is 0 Å². The molecule has 10 aromatic carbocycles. The van der Waals surface area contributed by atoms with Crippen LogP contribution in [0.3, 0.4) is 0 Å². The molecular formula is C56H36N2O. The number of nitrogens with zero attached hydrogens (tertiary/aromatic N) is 2. The molecule has 0 amide bonds. The molecular weight excluding hydrogens is 717 g/mol.